The number of phenols is 1. The van der Waals surface area contributed by atoms with E-state index in [1.807, 2.05) is 0 Å². The third-order valence-electron chi connectivity index (χ3n) is 3.17. The summed E-state index contributed by atoms with van der Waals surface area (Å²) in [6.45, 7) is 1.53. The van der Waals surface area contributed by atoms with Crippen molar-refractivity contribution < 1.29 is 10.0 Å². The van der Waals surface area contributed by atoms with E-state index in [0.29, 0.717) is 5.56 Å². The molecule has 0 unspecified atom stereocenters. The van der Waals surface area contributed by atoms with Crippen LogP contribution in [0.5, 0.6) is 5.75 Å². The van der Waals surface area contributed by atoms with Gasteiger partial charge >= 0.3 is 5.69 Å². The zero-order valence-electron chi connectivity index (χ0n) is 11.7. The summed E-state index contributed by atoms with van der Waals surface area (Å²) in [7, 11) is 0. The Kier molecular flexibility index (Phi) is 3.72. The maximum atomic E-state index is 11.9. The fourth-order valence-corrected chi connectivity index (χ4v) is 2.20. The van der Waals surface area contributed by atoms with E-state index in [1.165, 1.54) is 13.0 Å². The molecule has 9 heteroatoms. The van der Waals surface area contributed by atoms with Gasteiger partial charge in [-0.25, -0.2) is 0 Å². The lowest BCUT2D eigenvalue weighted by atomic mass is 9.94. The lowest BCUT2D eigenvalue weighted by molar-refractivity contribution is -0.385. The minimum absolute atomic E-state index is 0.178. The smallest absolute Gasteiger partial charge is 0.311 e. The van der Waals surface area contributed by atoms with Gasteiger partial charge in [0.15, 0.2) is 0 Å². The highest BCUT2D eigenvalue weighted by atomic mass is 16.6. The van der Waals surface area contributed by atoms with E-state index < -0.39 is 27.5 Å². The van der Waals surface area contributed by atoms with Gasteiger partial charge in [-0.2, -0.15) is 10.5 Å². The van der Waals surface area contributed by atoms with E-state index >= 15 is 0 Å². The number of aromatic amines is 1. The molecular formula is C14H9N5O4. The number of rotatable bonds is 2. The molecule has 0 saturated heterocycles. The zero-order chi connectivity index (χ0) is 17.3. The molecule has 0 saturated carbocycles. The van der Waals surface area contributed by atoms with Gasteiger partial charge in [-0.3, -0.25) is 14.9 Å². The fraction of sp³-hybridized carbons (Fsp3) is 0.0714. The molecule has 0 bridgehead atoms. The number of nitriles is 2. The highest BCUT2D eigenvalue weighted by Gasteiger charge is 2.25. The van der Waals surface area contributed by atoms with Crippen LogP contribution >= 0.6 is 0 Å². The monoisotopic (exact) mass is 311 g/mol. The van der Waals surface area contributed by atoms with Gasteiger partial charge < -0.3 is 15.8 Å². The summed E-state index contributed by atoms with van der Waals surface area (Å²) in [5, 5.41) is 39.6. The molecule has 1 aromatic heterocycles. The van der Waals surface area contributed by atoms with Gasteiger partial charge in [0.25, 0.3) is 5.56 Å². The van der Waals surface area contributed by atoms with Crippen LogP contribution in [0.2, 0.25) is 0 Å². The predicted molar refractivity (Wildman–Crippen MR) is 79.4 cm³/mol. The fourth-order valence-electron chi connectivity index (χ4n) is 2.20. The number of aromatic hydroxyl groups is 1. The van der Waals surface area contributed by atoms with E-state index in [-0.39, 0.29) is 22.5 Å². The Morgan fingerprint density at radius 2 is 1.91 bits per heavy atom. The van der Waals surface area contributed by atoms with Crippen molar-refractivity contribution in [2.75, 3.05) is 5.73 Å². The third-order valence-corrected chi connectivity index (χ3v) is 3.17. The highest BCUT2D eigenvalue weighted by molar-refractivity contribution is 5.85. The molecule has 0 radical (unpaired) electrons. The van der Waals surface area contributed by atoms with Crippen LogP contribution < -0.4 is 11.3 Å². The number of H-pyrrole nitrogens is 1. The van der Waals surface area contributed by atoms with Crippen molar-refractivity contribution >= 4 is 11.5 Å². The van der Waals surface area contributed by atoms with Gasteiger partial charge in [-0.1, -0.05) is 0 Å². The molecule has 1 aromatic carbocycles. The zero-order valence-corrected chi connectivity index (χ0v) is 11.7. The number of nitrogens with one attached hydrogen (secondary N) is 1. The molecule has 9 nitrogen and oxygen atoms in total. The largest absolute Gasteiger partial charge is 0.502 e. The van der Waals surface area contributed by atoms with E-state index in [0.717, 1.165) is 6.07 Å². The quantitative estimate of drug-likeness (QED) is 0.553. The topological polar surface area (TPSA) is 170 Å². The number of hydrogen-bond acceptors (Lipinski definition) is 7. The third kappa shape index (κ3) is 2.43. The second-order valence-corrected chi connectivity index (χ2v) is 4.65. The Bertz CT molecular complexity index is 979. The van der Waals surface area contributed by atoms with Crippen molar-refractivity contribution in [2.45, 2.75) is 6.92 Å². The molecular weight excluding hydrogens is 302 g/mol. The van der Waals surface area contributed by atoms with E-state index in [4.69, 9.17) is 5.73 Å². The molecule has 2 rings (SSSR count). The SMILES string of the molecule is Cc1cc(-c2c(C#N)c(N)[nH]c(=O)c2C#N)c(O)c([N+](=O)[O-])c1. The van der Waals surface area contributed by atoms with Crippen molar-refractivity contribution in [1.82, 2.24) is 4.98 Å². The van der Waals surface area contributed by atoms with Crippen LogP contribution in [0.1, 0.15) is 16.7 Å². The number of nitrogens with two attached hydrogens (primary N) is 1. The van der Waals surface area contributed by atoms with Gasteiger partial charge in [-0.05, 0) is 18.6 Å². The van der Waals surface area contributed by atoms with Crippen LogP contribution in [0.3, 0.4) is 0 Å². The van der Waals surface area contributed by atoms with Crippen LogP contribution in [0.15, 0.2) is 16.9 Å². The first kappa shape index (κ1) is 15.5. The summed E-state index contributed by atoms with van der Waals surface area (Å²) in [4.78, 5) is 24.2. The van der Waals surface area contributed by atoms with Crippen LogP contribution in [-0.4, -0.2) is 15.0 Å². The Morgan fingerprint density at radius 1 is 1.30 bits per heavy atom. The molecule has 4 N–H and O–H groups in total. The number of pyridine rings is 1. The number of nitro benzene ring substituents is 1. The summed E-state index contributed by atoms with van der Waals surface area (Å²) in [6.07, 6.45) is 0. The predicted octanol–water partition coefficient (Wildman–Crippen LogP) is 1.29. The number of benzene rings is 1. The number of phenolic OH excluding ortho intramolecular Hbond substituents is 1. The van der Waals surface area contributed by atoms with E-state index in [9.17, 15) is 30.5 Å². The standard InChI is InChI=1S/C14H9N5O4/c1-6-2-7(12(20)10(3-6)19(22)23)11-8(4-15)13(17)18-14(21)9(11)5-16/h2-3,20H,1H3,(H3,17,18,21). The van der Waals surface area contributed by atoms with Gasteiger partial charge in [-0.15, -0.1) is 0 Å². The molecule has 23 heavy (non-hydrogen) atoms. The van der Waals surface area contributed by atoms with Crippen LogP contribution in [-0.2, 0) is 0 Å². The molecule has 1 heterocycles. The lowest BCUT2D eigenvalue weighted by Gasteiger charge is -2.11. The maximum absolute atomic E-state index is 11.9. The number of nitrogen functional groups attached to an aromatic ring is 1. The first-order chi connectivity index (χ1) is 10.8. The number of hydrogen-bond donors (Lipinski definition) is 3. The Hall–Kier alpha value is -3.85. The van der Waals surface area contributed by atoms with Gasteiger partial charge in [0.1, 0.15) is 29.1 Å². The van der Waals surface area contributed by atoms with E-state index in [2.05, 4.69) is 4.98 Å². The summed E-state index contributed by atoms with van der Waals surface area (Å²) < 4.78 is 0. The van der Waals surface area contributed by atoms with Crippen molar-refractivity contribution in [3.05, 3.63) is 49.3 Å². The van der Waals surface area contributed by atoms with Gasteiger partial charge in [0, 0.05) is 17.2 Å². The van der Waals surface area contributed by atoms with Gasteiger partial charge in [0.2, 0.25) is 5.75 Å². The average molecular weight is 311 g/mol. The molecule has 0 amide bonds. The normalized spacial score (nSPS) is 9.87. The average Bonchev–Trinajstić information content (AvgIpc) is 2.48. The van der Waals surface area contributed by atoms with Gasteiger partial charge in [0.05, 0.1) is 4.92 Å². The van der Waals surface area contributed by atoms with Crippen LogP contribution in [0, 0.1) is 39.7 Å². The number of anilines is 1. The highest BCUT2D eigenvalue weighted by Crippen LogP contribution is 2.40. The van der Waals surface area contributed by atoms with Crippen molar-refractivity contribution in [2.24, 2.45) is 0 Å². The molecule has 114 valence electrons. The lowest BCUT2D eigenvalue weighted by Crippen LogP contribution is -2.16. The minimum Gasteiger partial charge on any atom is -0.502 e. The second-order valence-electron chi connectivity index (χ2n) is 4.65. The van der Waals surface area contributed by atoms with Crippen molar-refractivity contribution in [1.29, 1.82) is 10.5 Å². The Morgan fingerprint density at radius 3 is 2.43 bits per heavy atom. The molecule has 2 aromatic rings. The molecule has 0 atom stereocenters. The van der Waals surface area contributed by atoms with Crippen molar-refractivity contribution in [3.8, 4) is 29.0 Å². The molecule has 0 aliphatic carbocycles. The van der Waals surface area contributed by atoms with Crippen molar-refractivity contribution in [3.63, 3.8) is 0 Å². The summed E-state index contributed by atoms with van der Waals surface area (Å²) >= 11 is 0. The van der Waals surface area contributed by atoms with Crippen LogP contribution in [0.25, 0.3) is 11.1 Å². The van der Waals surface area contributed by atoms with Crippen LogP contribution in [0.4, 0.5) is 11.5 Å². The van der Waals surface area contributed by atoms with E-state index in [1.54, 1.807) is 12.1 Å². The summed E-state index contributed by atoms with van der Waals surface area (Å²) in [6, 6.07) is 5.82. The second kappa shape index (κ2) is 5.50. The maximum Gasteiger partial charge on any atom is 0.311 e. The first-order valence-corrected chi connectivity index (χ1v) is 6.16. The Balaban J connectivity index is 3.05. The summed E-state index contributed by atoms with van der Waals surface area (Å²) in [5.74, 6) is -1.05. The minimum atomic E-state index is -0.859. The number of nitrogens with zero attached hydrogens (tertiary/aromatic N) is 3. The summed E-state index contributed by atoms with van der Waals surface area (Å²) in [5.41, 5.74) is 3.38. The number of nitro groups is 1. The number of aryl methyl sites for hydroxylation is 1. The number of aromatic nitrogens is 1. The molecule has 0 aliphatic heterocycles. The molecule has 0 spiro atoms. The molecule has 0 aliphatic rings. The Labute approximate surface area is 129 Å². The molecule has 0 fully saturated rings. The first-order valence-electron chi connectivity index (χ1n) is 6.16.